The first-order chi connectivity index (χ1) is 12.0. The molecule has 0 amide bonds. The second-order valence-electron chi connectivity index (χ2n) is 4.69. The Kier molecular flexibility index (Phi) is 33.3. The maximum Gasteiger partial charge on any atom is 0.509 e. The van der Waals surface area contributed by atoms with Gasteiger partial charge in [0.05, 0.1) is 6.61 Å². The van der Waals surface area contributed by atoms with Crippen LogP contribution in [0, 0.1) is 0 Å². The number of hydrogen-bond acceptors (Lipinski definition) is 6. The topological polar surface area (TPSA) is 82.1 Å². The molecule has 0 fully saturated rings. The van der Waals surface area contributed by atoms with Crippen LogP contribution in [0.25, 0.3) is 0 Å². The lowest BCUT2D eigenvalue weighted by molar-refractivity contribution is 0.0664. The molecule has 0 radical (unpaired) electrons. The van der Waals surface area contributed by atoms with Gasteiger partial charge in [-0.15, -0.1) is 0 Å². The van der Waals surface area contributed by atoms with Gasteiger partial charge in [0.25, 0.3) is 0 Å². The summed E-state index contributed by atoms with van der Waals surface area (Å²) >= 11 is 14.6. The molecule has 0 aliphatic rings. The van der Waals surface area contributed by atoms with Crippen molar-refractivity contribution in [1.29, 1.82) is 0 Å². The van der Waals surface area contributed by atoms with E-state index in [1.54, 1.807) is 0 Å². The van der Waals surface area contributed by atoms with Gasteiger partial charge in [0.1, 0.15) is 0 Å². The molecular formula is C16H31Cl3O6. The molecule has 0 spiro atoms. The highest BCUT2D eigenvalue weighted by atomic mass is 35.5. The van der Waals surface area contributed by atoms with Crippen LogP contribution in [-0.2, 0) is 14.2 Å². The van der Waals surface area contributed by atoms with Crippen molar-refractivity contribution < 1.29 is 28.9 Å². The van der Waals surface area contributed by atoms with Crippen LogP contribution in [0.4, 0.5) is 9.59 Å². The highest BCUT2D eigenvalue weighted by Crippen LogP contribution is 1.99. The number of carbonyl (C=O) groups is 2. The molecule has 0 heterocycles. The van der Waals surface area contributed by atoms with Crippen LogP contribution in [0.5, 0.6) is 0 Å². The van der Waals surface area contributed by atoms with Gasteiger partial charge in [-0.05, 0) is 12.8 Å². The number of aliphatic hydroxyl groups excluding tert-OH is 1. The Morgan fingerprint density at radius 2 is 1.32 bits per heavy atom. The molecule has 0 aliphatic heterocycles. The first-order valence-electron chi connectivity index (χ1n) is 8.34. The second-order valence-corrected chi connectivity index (χ2v) is 5.43. The zero-order chi connectivity index (χ0) is 19.8. The molecule has 0 aliphatic carbocycles. The predicted octanol–water partition coefficient (Wildman–Crippen LogP) is 6.03. The number of hydrogen-bond donors (Lipinski definition) is 1. The molecule has 0 saturated heterocycles. The van der Waals surface area contributed by atoms with E-state index in [9.17, 15) is 9.59 Å². The molecule has 0 aromatic carbocycles. The average Bonchev–Trinajstić information content (AvgIpc) is 2.56. The van der Waals surface area contributed by atoms with Gasteiger partial charge in [-0.25, -0.2) is 9.59 Å². The first kappa shape index (κ1) is 29.3. The van der Waals surface area contributed by atoms with Crippen LogP contribution in [0.2, 0.25) is 0 Å². The zero-order valence-electron chi connectivity index (χ0n) is 15.1. The lowest BCUT2D eigenvalue weighted by atomic mass is 10.2. The van der Waals surface area contributed by atoms with Crippen LogP contribution < -0.4 is 0 Å². The predicted molar refractivity (Wildman–Crippen MR) is 102 cm³/mol. The maximum atomic E-state index is 10.5. The number of aliphatic hydroxyl groups is 1. The standard InChI is InChI=1S/C8H15ClO3.C6H14O.C2H2Cl2O2/c1-2-3-4-5-6-11-8(10)12-7-9;1-2-3-4-5-6-7;3-1-6-2(4)5/h2-7H2,1H3;7H,2-6H2,1H3;1H2. The Balaban J connectivity index is -0.000000317. The van der Waals surface area contributed by atoms with Crippen molar-refractivity contribution >= 4 is 46.4 Å². The molecule has 0 bridgehead atoms. The summed E-state index contributed by atoms with van der Waals surface area (Å²) in [7, 11) is 0. The quantitative estimate of drug-likeness (QED) is 0.188. The molecule has 0 saturated carbocycles. The molecule has 0 unspecified atom stereocenters. The number of halogens is 3. The fourth-order valence-corrected chi connectivity index (χ4v) is 1.65. The average molecular weight is 426 g/mol. The van der Waals surface area contributed by atoms with E-state index in [0.29, 0.717) is 13.2 Å². The summed E-state index contributed by atoms with van der Waals surface area (Å²) in [6.07, 6.45) is 8.33. The summed E-state index contributed by atoms with van der Waals surface area (Å²) in [5, 5.41) is 8.29. The summed E-state index contributed by atoms with van der Waals surface area (Å²) in [6, 6.07) is -0.323. The van der Waals surface area contributed by atoms with Crippen LogP contribution in [0.3, 0.4) is 0 Å². The van der Waals surface area contributed by atoms with E-state index in [4.69, 9.17) is 28.3 Å². The third kappa shape index (κ3) is 39.9. The fraction of sp³-hybridized carbons (Fsp3) is 0.875. The molecule has 6 nitrogen and oxygen atoms in total. The highest BCUT2D eigenvalue weighted by Gasteiger charge is 2.00. The van der Waals surface area contributed by atoms with Crippen molar-refractivity contribution in [2.45, 2.75) is 65.2 Å². The normalized spacial score (nSPS) is 9.04. The van der Waals surface area contributed by atoms with Crippen LogP contribution in [0.15, 0.2) is 0 Å². The second kappa shape index (κ2) is 28.4. The monoisotopic (exact) mass is 424 g/mol. The Labute approximate surface area is 166 Å². The molecule has 152 valence electrons. The van der Waals surface area contributed by atoms with Crippen molar-refractivity contribution in [2.24, 2.45) is 0 Å². The van der Waals surface area contributed by atoms with E-state index in [2.05, 4.69) is 39.7 Å². The SMILES string of the molecule is CCCCCCO.CCCCCCOC(=O)OCCl.O=C(Cl)OCCl. The minimum atomic E-state index is -0.870. The van der Waals surface area contributed by atoms with Crippen molar-refractivity contribution in [3.8, 4) is 0 Å². The van der Waals surface area contributed by atoms with E-state index in [1.165, 1.54) is 32.1 Å². The third-order valence-electron chi connectivity index (χ3n) is 2.57. The number of unbranched alkanes of at least 4 members (excludes halogenated alkanes) is 6. The molecule has 0 rings (SSSR count). The Morgan fingerprint density at radius 1 is 0.800 bits per heavy atom. The molecule has 1 N–H and O–H groups in total. The summed E-state index contributed by atoms with van der Waals surface area (Å²) in [4.78, 5) is 20.0. The summed E-state index contributed by atoms with van der Waals surface area (Å²) in [6.45, 7) is 5.08. The summed E-state index contributed by atoms with van der Waals surface area (Å²) in [5.41, 5.74) is -0.870. The van der Waals surface area contributed by atoms with Gasteiger partial charge in [0, 0.05) is 18.2 Å². The zero-order valence-corrected chi connectivity index (χ0v) is 17.4. The van der Waals surface area contributed by atoms with Crippen LogP contribution in [0.1, 0.15) is 65.2 Å². The van der Waals surface area contributed by atoms with Gasteiger partial charge in [-0.1, -0.05) is 75.6 Å². The highest BCUT2D eigenvalue weighted by molar-refractivity contribution is 6.61. The molecule has 0 aromatic rings. The van der Waals surface area contributed by atoms with E-state index in [0.717, 1.165) is 19.3 Å². The number of ether oxygens (including phenoxy) is 3. The number of alkyl halides is 2. The molecule has 25 heavy (non-hydrogen) atoms. The Hall–Kier alpha value is -0.430. The smallest absolute Gasteiger partial charge is 0.437 e. The fourth-order valence-electron chi connectivity index (χ4n) is 1.35. The van der Waals surface area contributed by atoms with Crippen molar-refractivity contribution in [1.82, 2.24) is 0 Å². The minimum absolute atomic E-state index is 0.145. The van der Waals surface area contributed by atoms with E-state index >= 15 is 0 Å². The van der Waals surface area contributed by atoms with Crippen molar-refractivity contribution in [3.05, 3.63) is 0 Å². The van der Waals surface area contributed by atoms with Crippen molar-refractivity contribution in [2.75, 3.05) is 25.3 Å². The Bertz CT molecular complexity index is 277. The minimum Gasteiger partial charge on any atom is -0.437 e. The lowest BCUT2D eigenvalue weighted by Gasteiger charge is -2.02. The molecule has 9 heteroatoms. The maximum absolute atomic E-state index is 10.5. The first-order valence-corrected chi connectivity index (χ1v) is 9.79. The van der Waals surface area contributed by atoms with Gasteiger partial charge >= 0.3 is 11.6 Å². The van der Waals surface area contributed by atoms with E-state index in [-0.39, 0.29) is 12.1 Å². The molecular weight excluding hydrogens is 395 g/mol. The lowest BCUT2D eigenvalue weighted by Crippen LogP contribution is -2.07. The third-order valence-corrected chi connectivity index (χ3v) is 2.90. The number of rotatable bonds is 11. The van der Waals surface area contributed by atoms with Crippen LogP contribution >= 0.6 is 34.8 Å². The van der Waals surface area contributed by atoms with E-state index < -0.39 is 11.6 Å². The number of carbonyl (C=O) groups excluding carboxylic acids is 2. The Morgan fingerprint density at radius 3 is 1.68 bits per heavy atom. The molecule has 0 aromatic heterocycles. The van der Waals surface area contributed by atoms with Gasteiger partial charge in [-0.3, -0.25) is 0 Å². The summed E-state index contributed by atoms with van der Waals surface area (Å²) in [5.74, 6) is 0. The van der Waals surface area contributed by atoms with Gasteiger partial charge in [-0.2, -0.15) is 0 Å². The van der Waals surface area contributed by atoms with Crippen LogP contribution in [-0.4, -0.2) is 42.0 Å². The molecule has 0 atom stereocenters. The van der Waals surface area contributed by atoms with E-state index in [1.807, 2.05) is 0 Å². The summed E-state index contributed by atoms with van der Waals surface area (Å²) < 4.78 is 13.0. The van der Waals surface area contributed by atoms with Gasteiger partial charge in [0.2, 0.25) is 0 Å². The van der Waals surface area contributed by atoms with Gasteiger partial charge in [0.15, 0.2) is 12.1 Å². The van der Waals surface area contributed by atoms with Crippen molar-refractivity contribution in [3.63, 3.8) is 0 Å². The largest absolute Gasteiger partial charge is 0.509 e. The van der Waals surface area contributed by atoms with Gasteiger partial charge < -0.3 is 19.3 Å².